The van der Waals surface area contributed by atoms with Crippen LogP contribution in [0, 0.1) is 6.92 Å². The molecule has 0 aliphatic carbocycles. The van der Waals surface area contributed by atoms with E-state index in [0.29, 0.717) is 6.61 Å². The molecule has 0 saturated carbocycles. The van der Waals surface area contributed by atoms with Crippen molar-refractivity contribution < 1.29 is 9.84 Å². The SMILES string of the molecule is Cc1nc2cc(OCC(C)O)ccc2s1. The molecular weight excluding hydrogens is 210 g/mol. The third-order valence-electron chi connectivity index (χ3n) is 1.96. The van der Waals surface area contributed by atoms with Crippen LogP contribution in [0.2, 0.25) is 0 Å². The van der Waals surface area contributed by atoms with Crippen LogP contribution in [-0.2, 0) is 0 Å². The molecule has 4 heteroatoms. The first kappa shape index (κ1) is 10.4. The zero-order chi connectivity index (χ0) is 10.8. The normalized spacial score (nSPS) is 13.0. The Kier molecular flexibility index (Phi) is 2.88. The van der Waals surface area contributed by atoms with Gasteiger partial charge in [-0.15, -0.1) is 11.3 Å². The summed E-state index contributed by atoms with van der Waals surface area (Å²) in [7, 11) is 0. The zero-order valence-corrected chi connectivity index (χ0v) is 9.54. The van der Waals surface area contributed by atoms with Gasteiger partial charge in [0, 0.05) is 6.07 Å². The fraction of sp³-hybridized carbons (Fsp3) is 0.364. The largest absolute Gasteiger partial charge is 0.491 e. The number of aromatic nitrogens is 1. The summed E-state index contributed by atoms with van der Waals surface area (Å²) in [4.78, 5) is 4.38. The minimum Gasteiger partial charge on any atom is -0.491 e. The molecule has 0 radical (unpaired) electrons. The van der Waals surface area contributed by atoms with E-state index < -0.39 is 6.10 Å². The number of ether oxygens (including phenoxy) is 1. The van der Waals surface area contributed by atoms with Crippen molar-refractivity contribution in [3.05, 3.63) is 23.2 Å². The van der Waals surface area contributed by atoms with Crippen LogP contribution in [0.15, 0.2) is 18.2 Å². The lowest BCUT2D eigenvalue weighted by Crippen LogP contribution is -2.12. The minimum absolute atomic E-state index is 0.314. The number of nitrogens with zero attached hydrogens (tertiary/aromatic N) is 1. The van der Waals surface area contributed by atoms with Crippen LogP contribution in [0.3, 0.4) is 0 Å². The number of hydrogen-bond donors (Lipinski definition) is 1. The molecule has 80 valence electrons. The molecule has 0 aliphatic rings. The van der Waals surface area contributed by atoms with Gasteiger partial charge in [0.1, 0.15) is 12.4 Å². The number of benzene rings is 1. The van der Waals surface area contributed by atoms with E-state index in [-0.39, 0.29) is 0 Å². The Morgan fingerprint density at radius 2 is 2.33 bits per heavy atom. The summed E-state index contributed by atoms with van der Waals surface area (Å²) >= 11 is 1.67. The Morgan fingerprint density at radius 3 is 3.07 bits per heavy atom. The molecule has 1 atom stereocenters. The van der Waals surface area contributed by atoms with Crippen LogP contribution in [-0.4, -0.2) is 22.8 Å². The lowest BCUT2D eigenvalue weighted by atomic mass is 10.3. The predicted molar refractivity (Wildman–Crippen MR) is 61.5 cm³/mol. The second-order valence-corrected chi connectivity index (χ2v) is 4.76. The van der Waals surface area contributed by atoms with Gasteiger partial charge in [0.05, 0.1) is 21.3 Å². The molecule has 15 heavy (non-hydrogen) atoms. The maximum atomic E-state index is 9.09. The molecule has 0 fully saturated rings. The predicted octanol–water partition coefficient (Wildman–Crippen LogP) is 2.36. The number of aryl methyl sites for hydroxylation is 1. The summed E-state index contributed by atoms with van der Waals surface area (Å²) in [5.74, 6) is 0.758. The number of aliphatic hydroxyl groups excluding tert-OH is 1. The van der Waals surface area contributed by atoms with Crippen LogP contribution < -0.4 is 4.74 Å². The highest BCUT2D eigenvalue weighted by Gasteiger charge is 2.03. The van der Waals surface area contributed by atoms with E-state index in [1.54, 1.807) is 18.3 Å². The van der Waals surface area contributed by atoms with Gasteiger partial charge >= 0.3 is 0 Å². The third kappa shape index (κ3) is 2.46. The molecule has 0 amide bonds. The number of aliphatic hydroxyl groups is 1. The molecule has 1 N–H and O–H groups in total. The van der Waals surface area contributed by atoms with Crippen LogP contribution in [0.1, 0.15) is 11.9 Å². The van der Waals surface area contributed by atoms with Crippen molar-refractivity contribution in [2.45, 2.75) is 20.0 Å². The Bertz CT molecular complexity index is 465. The quantitative estimate of drug-likeness (QED) is 0.868. The number of fused-ring (bicyclic) bond motifs is 1. The average molecular weight is 223 g/mol. The Morgan fingerprint density at radius 1 is 1.53 bits per heavy atom. The van der Waals surface area contributed by atoms with E-state index >= 15 is 0 Å². The zero-order valence-electron chi connectivity index (χ0n) is 8.73. The molecule has 0 spiro atoms. The summed E-state index contributed by atoms with van der Waals surface area (Å²) < 4.78 is 6.56. The summed E-state index contributed by atoms with van der Waals surface area (Å²) in [5.41, 5.74) is 0.959. The topological polar surface area (TPSA) is 42.4 Å². The molecule has 0 aliphatic heterocycles. The summed E-state index contributed by atoms with van der Waals surface area (Å²) in [5, 5.41) is 10.1. The van der Waals surface area contributed by atoms with Crippen LogP contribution >= 0.6 is 11.3 Å². The van der Waals surface area contributed by atoms with E-state index in [9.17, 15) is 0 Å². The standard InChI is InChI=1S/C11H13NO2S/c1-7(13)6-14-9-3-4-11-10(5-9)12-8(2)15-11/h3-5,7,13H,6H2,1-2H3. The van der Waals surface area contributed by atoms with Crippen molar-refractivity contribution in [2.24, 2.45) is 0 Å². The lowest BCUT2D eigenvalue weighted by Gasteiger charge is -2.07. The molecule has 0 bridgehead atoms. The second-order valence-electron chi connectivity index (χ2n) is 3.52. The van der Waals surface area contributed by atoms with E-state index in [1.807, 2.05) is 25.1 Å². The van der Waals surface area contributed by atoms with E-state index in [1.165, 1.54) is 0 Å². The Balaban J connectivity index is 2.22. The van der Waals surface area contributed by atoms with Gasteiger partial charge in [-0.2, -0.15) is 0 Å². The second kappa shape index (κ2) is 4.16. The van der Waals surface area contributed by atoms with Crippen molar-refractivity contribution in [3.8, 4) is 5.75 Å². The van der Waals surface area contributed by atoms with Crippen molar-refractivity contribution in [2.75, 3.05) is 6.61 Å². The maximum Gasteiger partial charge on any atom is 0.121 e. The van der Waals surface area contributed by atoms with E-state index in [4.69, 9.17) is 9.84 Å². The van der Waals surface area contributed by atoms with E-state index in [0.717, 1.165) is 21.0 Å². The molecule has 1 aromatic carbocycles. The molecule has 2 rings (SSSR count). The monoisotopic (exact) mass is 223 g/mol. The molecule has 1 heterocycles. The molecule has 1 aromatic heterocycles. The van der Waals surface area contributed by atoms with Crippen LogP contribution in [0.4, 0.5) is 0 Å². The number of rotatable bonds is 3. The van der Waals surface area contributed by atoms with Gasteiger partial charge in [-0.1, -0.05) is 0 Å². The molecule has 2 aromatic rings. The van der Waals surface area contributed by atoms with Crippen molar-refractivity contribution in [3.63, 3.8) is 0 Å². The van der Waals surface area contributed by atoms with Crippen LogP contribution in [0.25, 0.3) is 10.2 Å². The average Bonchev–Trinajstić information content (AvgIpc) is 2.53. The van der Waals surface area contributed by atoms with Gasteiger partial charge in [0.15, 0.2) is 0 Å². The van der Waals surface area contributed by atoms with Gasteiger partial charge in [-0.25, -0.2) is 4.98 Å². The number of hydrogen-bond acceptors (Lipinski definition) is 4. The first-order valence-corrected chi connectivity index (χ1v) is 5.65. The summed E-state index contributed by atoms with van der Waals surface area (Å²) in [6, 6.07) is 5.81. The van der Waals surface area contributed by atoms with Gasteiger partial charge in [0.25, 0.3) is 0 Å². The highest BCUT2D eigenvalue weighted by Crippen LogP contribution is 2.25. The maximum absolute atomic E-state index is 9.09. The Hall–Kier alpha value is -1.13. The first-order valence-electron chi connectivity index (χ1n) is 4.83. The number of thiazole rings is 1. The first-order chi connectivity index (χ1) is 7.15. The van der Waals surface area contributed by atoms with E-state index in [2.05, 4.69) is 4.98 Å². The van der Waals surface area contributed by atoms with Gasteiger partial charge < -0.3 is 9.84 Å². The molecule has 0 saturated heterocycles. The molecular formula is C11H13NO2S. The smallest absolute Gasteiger partial charge is 0.121 e. The van der Waals surface area contributed by atoms with Gasteiger partial charge in [-0.3, -0.25) is 0 Å². The minimum atomic E-state index is -0.446. The van der Waals surface area contributed by atoms with Gasteiger partial charge in [0.2, 0.25) is 0 Å². The lowest BCUT2D eigenvalue weighted by molar-refractivity contribution is 0.123. The van der Waals surface area contributed by atoms with Crippen LogP contribution in [0.5, 0.6) is 5.75 Å². The Labute approximate surface area is 92.3 Å². The molecule has 1 unspecified atom stereocenters. The molecule has 3 nitrogen and oxygen atoms in total. The van der Waals surface area contributed by atoms with Crippen molar-refractivity contribution in [1.29, 1.82) is 0 Å². The van der Waals surface area contributed by atoms with Crippen molar-refractivity contribution in [1.82, 2.24) is 4.98 Å². The highest BCUT2D eigenvalue weighted by molar-refractivity contribution is 7.18. The summed E-state index contributed by atoms with van der Waals surface area (Å²) in [6.45, 7) is 4.00. The fourth-order valence-electron chi connectivity index (χ4n) is 1.33. The third-order valence-corrected chi connectivity index (χ3v) is 2.91. The summed E-state index contributed by atoms with van der Waals surface area (Å²) in [6.07, 6.45) is -0.446. The van der Waals surface area contributed by atoms with Gasteiger partial charge in [-0.05, 0) is 26.0 Å². The van der Waals surface area contributed by atoms with Crippen molar-refractivity contribution >= 4 is 21.6 Å². The fourth-order valence-corrected chi connectivity index (χ4v) is 2.14. The highest BCUT2D eigenvalue weighted by atomic mass is 32.1.